The average molecular weight is 298 g/mol. The molecule has 0 aromatic heterocycles. The van der Waals surface area contributed by atoms with E-state index in [9.17, 15) is 12.8 Å². The van der Waals surface area contributed by atoms with E-state index in [4.69, 9.17) is 5.53 Å². The molecule has 0 radical (unpaired) electrons. The van der Waals surface area contributed by atoms with E-state index in [0.29, 0.717) is 25.9 Å². The van der Waals surface area contributed by atoms with Crippen molar-refractivity contribution in [3.63, 3.8) is 0 Å². The van der Waals surface area contributed by atoms with Crippen molar-refractivity contribution < 1.29 is 12.8 Å². The first-order chi connectivity index (χ1) is 9.53. The molecular weight excluding hydrogens is 283 g/mol. The molecule has 8 heteroatoms. The number of nitrogens with zero attached hydrogens (tertiary/aromatic N) is 4. The van der Waals surface area contributed by atoms with Gasteiger partial charge >= 0.3 is 0 Å². The number of sulfonamides is 1. The van der Waals surface area contributed by atoms with E-state index in [1.54, 1.807) is 6.07 Å². The zero-order valence-electron chi connectivity index (χ0n) is 10.8. The van der Waals surface area contributed by atoms with E-state index in [1.807, 2.05) is 0 Å². The first-order valence-electron chi connectivity index (χ1n) is 6.28. The minimum Gasteiger partial charge on any atom is -0.212 e. The van der Waals surface area contributed by atoms with Crippen LogP contribution < -0.4 is 0 Å². The van der Waals surface area contributed by atoms with Gasteiger partial charge in [0.2, 0.25) is 10.0 Å². The second-order valence-electron chi connectivity index (χ2n) is 4.68. The largest absolute Gasteiger partial charge is 0.218 e. The molecule has 0 atom stereocenters. The molecule has 20 heavy (non-hydrogen) atoms. The van der Waals surface area contributed by atoms with E-state index in [0.717, 1.165) is 0 Å². The Morgan fingerprint density at radius 2 is 2.00 bits per heavy atom. The maximum Gasteiger partial charge on any atom is 0.218 e. The molecule has 0 aliphatic carbocycles. The van der Waals surface area contributed by atoms with Crippen molar-refractivity contribution in [2.45, 2.75) is 24.6 Å². The van der Waals surface area contributed by atoms with Crippen LogP contribution in [0, 0.1) is 5.82 Å². The van der Waals surface area contributed by atoms with E-state index in [1.165, 1.54) is 22.5 Å². The van der Waals surface area contributed by atoms with Crippen LogP contribution in [0.2, 0.25) is 0 Å². The lowest BCUT2D eigenvalue weighted by molar-refractivity contribution is 0.319. The molecule has 0 bridgehead atoms. The van der Waals surface area contributed by atoms with Crippen LogP contribution in [0.1, 0.15) is 18.4 Å². The van der Waals surface area contributed by atoms with E-state index >= 15 is 0 Å². The van der Waals surface area contributed by atoms with Crippen LogP contribution in [0.4, 0.5) is 4.39 Å². The summed E-state index contributed by atoms with van der Waals surface area (Å²) in [5, 5.41) is 3.60. The lowest BCUT2D eigenvalue weighted by atomic mass is 10.1. The van der Waals surface area contributed by atoms with Gasteiger partial charge in [0, 0.05) is 29.6 Å². The van der Waals surface area contributed by atoms with E-state index in [2.05, 4.69) is 10.0 Å². The molecule has 1 heterocycles. The molecule has 1 aliphatic rings. The molecule has 2 rings (SSSR count). The molecule has 1 aromatic carbocycles. The summed E-state index contributed by atoms with van der Waals surface area (Å²) in [7, 11) is -3.54. The monoisotopic (exact) mass is 298 g/mol. The van der Waals surface area contributed by atoms with E-state index in [-0.39, 0.29) is 17.4 Å². The molecule has 0 spiro atoms. The smallest absolute Gasteiger partial charge is 0.212 e. The highest BCUT2D eigenvalue weighted by atomic mass is 32.2. The van der Waals surface area contributed by atoms with Crippen molar-refractivity contribution >= 4 is 10.0 Å². The zero-order valence-corrected chi connectivity index (χ0v) is 11.6. The predicted octanol–water partition coefficient (Wildman–Crippen LogP) is 2.43. The molecule has 108 valence electrons. The number of halogens is 1. The fraction of sp³-hybridized carbons (Fsp3) is 0.500. The number of rotatable bonds is 4. The lowest BCUT2D eigenvalue weighted by Crippen LogP contribution is -2.40. The minimum atomic E-state index is -3.54. The summed E-state index contributed by atoms with van der Waals surface area (Å²) in [6.07, 6.45) is 1.00. The highest BCUT2D eigenvalue weighted by Gasteiger charge is 2.28. The number of piperidine rings is 1. The van der Waals surface area contributed by atoms with Crippen LogP contribution in [-0.2, 0) is 15.8 Å². The van der Waals surface area contributed by atoms with Crippen molar-refractivity contribution in [3.05, 3.63) is 46.1 Å². The molecule has 1 fully saturated rings. The van der Waals surface area contributed by atoms with Gasteiger partial charge in [-0.2, -0.15) is 0 Å². The van der Waals surface area contributed by atoms with Crippen molar-refractivity contribution in [2.75, 3.05) is 13.1 Å². The van der Waals surface area contributed by atoms with Gasteiger partial charge in [-0.1, -0.05) is 23.3 Å². The maximum atomic E-state index is 13.5. The highest BCUT2D eigenvalue weighted by Crippen LogP contribution is 2.20. The van der Waals surface area contributed by atoms with Crippen LogP contribution >= 0.6 is 0 Å². The summed E-state index contributed by atoms with van der Waals surface area (Å²) >= 11 is 0. The molecule has 6 nitrogen and oxygen atoms in total. The third-order valence-corrected chi connectivity index (χ3v) is 5.16. The van der Waals surface area contributed by atoms with Gasteiger partial charge in [-0.3, -0.25) is 0 Å². The lowest BCUT2D eigenvalue weighted by Gasteiger charge is -2.29. The molecule has 0 N–H and O–H groups in total. The normalized spacial score (nSPS) is 17.6. The number of hydrogen-bond donors (Lipinski definition) is 0. The molecule has 0 amide bonds. The second-order valence-corrected chi connectivity index (χ2v) is 6.65. The van der Waals surface area contributed by atoms with Gasteiger partial charge in [-0.25, -0.2) is 17.1 Å². The van der Waals surface area contributed by atoms with Gasteiger partial charge in [-0.05, 0) is 24.4 Å². The number of hydrogen-bond acceptors (Lipinski definition) is 3. The summed E-state index contributed by atoms with van der Waals surface area (Å²) in [6, 6.07) is 5.71. The van der Waals surface area contributed by atoms with Gasteiger partial charge < -0.3 is 0 Å². The minimum absolute atomic E-state index is 0.153. The van der Waals surface area contributed by atoms with E-state index < -0.39 is 15.8 Å². The first-order valence-corrected chi connectivity index (χ1v) is 7.89. The molecular formula is C12H15FN4O2S. The fourth-order valence-corrected chi connectivity index (χ4v) is 3.79. The Hall–Kier alpha value is -1.63. The fourth-order valence-electron chi connectivity index (χ4n) is 2.21. The summed E-state index contributed by atoms with van der Waals surface area (Å²) < 4.78 is 39.3. The third kappa shape index (κ3) is 3.47. The average Bonchev–Trinajstić information content (AvgIpc) is 2.42. The van der Waals surface area contributed by atoms with Crippen molar-refractivity contribution in [1.82, 2.24) is 4.31 Å². The molecule has 1 aliphatic heterocycles. The zero-order chi connectivity index (χ0) is 14.6. The van der Waals surface area contributed by atoms with Gasteiger partial charge in [-0.15, -0.1) is 0 Å². The Balaban J connectivity index is 2.05. The van der Waals surface area contributed by atoms with Gasteiger partial charge in [0.15, 0.2) is 0 Å². The summed E-state index contributed by atoms with van der Waals surface area (Å²) in [6.45, 7) is 0.612. The standard InChI is InChI=1S/C12H15FN4O2S/c13-12-4-2-1-3-10(12)9-20(18,19)17-7-5-11(6-8-17)15-16-14/h1-4,11H,5-9H2. The van der Waals surface area contributed by atoms with Crippen molar-refractivity contribution in [3.8, 4) is 0 Å². The third-order valence-electron chi connectivity index (χ3n) is 3.33. The topological polar surface area (TPSA) is 86.1 Å². The van der Waals surface area contributed by atoms with Crippen LogP contribution in [0.5, 0.6) is 0 Å². The summed E-state index contributed by atoms with van der Waals surface area (Å²) in [5.41, 5.74) is 8.53. The van der Waals surface area contributed by atoms with Crippen molar-refractivity contribution in [2.24, 2.45) is 5.11 Å². The Kier molecular flexibility index (Phi) is 4.59. The van der Waals surface area contributed by atoms with Gasteiger partial charge in [0.25, 0.3) is 0 Å². The molecule has 0 unspecified atom stereocenters. The van der Waals surface area contributed by atoms with Crippen LogP contribution in [0.25, 0.3) is 10.4 Å². The first kappa shape index (κ1) is 14.8. The summed E-state index contributed by atoms with van der Waals surface area (Å²) in [4.78, 5) is 2.73. The molecule has 0 saturated carbocycles. The number of benzene rings is 1. The molecule has 1 aromatic rings. The summed E-state index contributed by atoms with van der Waals surface area (Å²) in [5.74, 6) is -0.855. The van der Waals surface area contributed by atoms with Crippen molar-refractivity contribution in [1.29, 1.82) is 0 Å². The number of azide groups is 1. The van der Waals surface area contributed by atoms with Gasteiger partial charge in [0.1, 0.15) is 5.82 Å². The quantitative estimate of drug-likeness (QED) is 0.485. The van der Waals surface area contributed by atoms with Crippen LogP contribution in [0.15, 0.2) is 29.4 Å². The van der Waals surface area contributed by atoms with Crippen LogP contribution in [0.3, 0.4) is 0 Å². The Bertz CT molecular complexity index is 620. The Labute approximate surface area is 116 Å². The highest BCUT2D eigenvalue weighted by molar-refractivity contribution is 7.88. The maximum absolute atomic E-state index is 13.5. The van der Waals surface area contributed by atoms with Crippen LogP contribution in [-0.4, -0.2) is 31.9 Å². The molecule has 1 saturated heterocycles. The van der Waals surface area contributed by atoms with Gasteiger partial charge in [0.05, 0.1) is 5.75 Å². The second kappa shape index (κ2) is 6.21. The predicted molar refractivity (Wildman–Crippen MR) is 72.8 cm³/mol. The Morgan fingerprint density at radius 1 is 1.35 bits per heavy atom. The SMILES string of the molecule is [N-]=[N+]=NC1CCN(S(=O)(=O)Cc2ccccc2F)CC1. The Morgan fingerprint density at radius 3 is 2.60 bits per heavy atom.